The smallest absolute Gasteiger partial charge is 0.117 e. The van der Waals surface area contributed by atoms with Crippen LogP contribution in [-0.2, 0) is 0 Å². The van der Waals surface area contributed by atoms with Crippen LogP contribution in [0.4, 0.5) is 0 Å². The zero-order valence-electron chi connectivity index (χ0n) is 9.50. The fourth-order valence-corrected chi connectivity index (χ4v) is 2.37. The molecule has 88 valence electrons. The molecule has 0 aliphatic carbocycles. The summed E-state index contributed by atoms with van der Waals surface area (Å²) in [6.45, 7) is 2.07. The number of phenols is 1. The van der Waals surface area contributed by atoms with Gasteiger partial charge in [0.25, 0.3) is 0 Å². The second-order valence-corrected chi connectivity index (χ2v) is 4.38. The summed E-state index contributed by atoms with van der Waals surface area (Å²) in [5.74, 6) is 0.786. The van der Waals surface area contributed by atoms with E-state index in [1.54, 1.807) is 12.1 Å². The highest BCUT2D eigenvalue weighted by atomic mass is 16.3. The van der Waals surface area contributed by atoms with Crippen LogP contribution in [0.5, 0.6) is 5.75 Å². The molecule has 1 aliphatic rings. The summed E-state index contributed by atoms with van der Waals surface area (Å²) in [4.78, 5) is 0. The average molecular weight is 229 g/mol. The number of rotatable bonds is 2. The standard InChI is InChI=1S/C13H15N3O/c17-12-3-1-2-11(8-12)16-13(5-7-15-16)10-4-6-14-9-10/h1-3,5,7-8,10,14,17H,4,6,9H2. The molecule has 0 spiro atoms. The van der Waals surface area contributed by atoms with Crippen molar-refractivity contribution in [1.82, 2.24) is 15.1 Å². The zero-order valence-corrected chi connectivity index (χ0v) is 9.50. The number of hydrogen-bond donors (Lipinski definition) is 2. The summed E-state index contributed by atoms with van der Waals surface area (Å²) >= 11 is 0. The Morgan fingerprint density at radius 2 is 2.29 bits per heavy atom. The van der Waals surface area contributed by atoms with Gasteiger partial charge in [-0.3, -0.25) is 0 Å². The van der Waals surface area contributed by atoms with Gasteiger partial charge in [0.05, 0.1) is 5.69 Å². The van der Waals surface area contributed by atoms with Crippen molar-refractivity contribution in [3.8, 4) is 11.4 Å². The third-order valence-electron chi connectivity index (χ3n) is 3.22. The van der Waals surface area contributed by atoms with Crippen molar-refractivity contribution >= 4 is 0 Å². The zero-order chi connectivity index (χ0) is 11.7. The number of benzene rings is 1. The predicted molar refractivity (Wildman–Crippen MR) is 65.5 cm³/mol. The maximum Gasteiger partial charge on any atom is 0.117 e. The molecular formula is C13H15N3O. The van der Waals surface area contributed by atoms with Crippen molar-refractivity contribution in [2.75, 3.05) is 13.1 Å². The Hall–Kier alpha value is -1.81. The molecule has 1 aliphatic heterocycles. The highest BCUT2D eigenvalue weighted by molar-refractivity contribution is 5.39. The van der Waals surface area contributed by atoms with E-state index in [0.717, 1.165) is 25.2 Å². The lowest BCUT2D eigenvalue weighted by molar-refractivity contribution is 0.474. The van der Waals surface area contributed by atoms with E-state index in [1.165, 1.54) is 5.69 Å². The van der Waals surface area contributed by atoms with Gasteiger partial charge in [-0.2, -0.15) is 5.10 Å². The molecule has 1 aromatic heterocycles. The maximum atomic E-state index is 9.51. The number of nitrogens with one attached hydrogen (secondary N) is 1. The molecule has 1 aromatic carbocycles. The quantitative estimate of drug-likeness (QED) is 0.823. The molecule has 17 heavy (non-hydrogen) atoms. The average Bonchev–Trinajstić information content (AvgIpc) is 3.00. The fourth-order valence-electron chi connectivity index (χ4n) is 2.37. The summed E-state index contributed by atoms with van der Waals surface area (Å²) in [6, 6.07) is 9.26. The minimum atomic E-state index is 0.272. The maximum absolute atomic E-state index is 9.51. The van der Waals surface area contributed by atoms with E-state index >= 15 is 0 Å². The highest BCUT2D eigenvalue weighted by Gasteiger charge is 2.20. The lowest BCUT2D eigenvalue weighted by atomic mass is 10.1. The van der Waals surface area contributed by atoms with Crippen LogP contribution in [0.2, 0.25) is 0 Å². The molecule has 0 amide bonds. The third kappa shape index (κ3) is 1.91. The molecule has 1 fully saturated rings. The Labute approximate surface area is 99.9 Å². The van der Waals surface area contributed by atoms with Gasteiger partial charge in [0.2, 0.25) is 0 Å². The van der Waals surface area contributed by atoms with Crippen molar-refractivity contribution in [3.63, 3.8) is 0 Å². The first kappa shape index (κ1) is 10.4. The van der Waals surface area contributed by atoms with Gasteiger partial charge in [-0.15, -0.1) is 0 Å². The van der Waals surface area contributed by atoms with Gasteiger partial charge in [0, 0.05) is 30.4 Å². The molecule has 0 saturated carbocycles. The van der Waals surface area contributed by atoms with Gasteiger partial charge in [-0.05, 0) is 31.2 Å². The Kier molecular flexibility index (Phi) is 2.57. The Morgan fingerprint density at radius 1 is 1.35 bits per heavy atom. The molecule has 0 bridgehead atoms. The van der Waals surface area contributed by atoms with Crippen molar-refractivity contribution in [1.29, 1.82) is 0 Å². The lowest BCUT2D eigenvalue weighted by Gasteiger charge is -2.12. The van der Waals surface area contributed by atoms with Crippen molar-refractivity contribution in [3.05, 3.63) is 42.2 Å². The number of nitrogens with zero attached hydrogens (tertiary/aromatic N) is 2. The molecule has 1 atom stereocenters. The minimum absolute atomic E-state index is 0.272. The topological polar surface area (TPSA) is 50.1 Å². The van der Waals surface area contributed by atoms with Crippen LogP contribution in [0.3, 0.4) is 0 Å². The summed E-state index contributed by atoms with van der Waals surface area (Å²) < 4.78 is 1.91. The summed E-state index contributed by atoms with van der Waals surface area (Å²) in [5.41, 5.74) is 2.12. The number of aromatic hydroxyl groups is 1. The monoisotopic (exact) mass is 229 g/mol. The first-order valence-corrected chi connectivity index (χ1v) is 5.88. The predicted octanol–water partition coefficient (Wildman–Crippen LogP) is 1.65. The first-order valence-electron chi connectivity index (χ1n) is 5.88. The third-order valence-corrected chi connectivity index (χ3v) is 3.22. The van der Waals surface area contributed by atoms with E-state index in [4.69, 9.17) is 0 Å². The first-order chi connectivity index (χ1) is 8.34. The molecule has 2 N–H and O–H groups in total. The lowest BCUT2D eigenvalue weighted by Crippen LogP contribution is -2.11. The van der Waals surface area contributed by atoms with Crippen molar-refractivity contribution in [2.24, 2.45) is 0 Å². The van der Waals surface area contributed by atoms with Gasteiger partial charge < -0.3 is 10.4 Å². The van der Waals surface area contributed by atoms with Crippen molar-refractivity contribution in [2.45, 2.75) is 12.3 Å². The molecule has 3 rings (SSSR count). The Bertz CT molecular complexity index is 515. The van der Waals surface area contributed by atoms with Gasteiger partial charge in [-0.1, -0.05) is 6.07 Å². The summed E-state index contributed by atoms with van der Waals surface area (Å²) in [6.07, 6.45) is 2.96. The SMILES string of the molecule is Oc1cccc(-n2nccc2C2CCNC2)c1. The second kappa shape index (κ2) is 4.22. The van der Waals surface area contributed by atoms with Crippen LogP contribution in [-0.4, -0.2) is 28.0 Å². The van der Waals surface area contributed by atoms with Crippen LogP contribution < -0.4 is 5.32 Å². The van der Waals surface area contributed by atoms with E-state index in [2.05, 4.69) is 16.5 Å². The van der Waals surface area contributed by atoms with Crippen LogP contribution >= 0.6 is 0 Å². The van der Waals surface area contributed by atoms with Gasteiger partial charge in [-0.25, -0.2) is 4.68 Å². The molecule has 2 heterocycles. The second-order valence-electron chi connectivity index (χ2n) is 4.38. The number of phenolic OH excluding ortho intramolecular Hbond substituents is 1. The van der Waals surface area contributed by atoms with E-state index in [9.17, 15) is 5.11 Å². The minimum Gasteiger partial charge on any atom is -0.508 e. The number of aromatic nitrogens is 2. The Morgan fingerprint density at radius 3 is 3.06 bits per heavy atom. The molecule has 0 radical (unpaired) electrons. The van der Waals surface area contributed by atoms with E-state index < -0.39 is 0 Å². The normalized spacial score (nSPS) is 19.6. The summed E-state index contributed by atoms with van der Waals surface area (Å²) in [5, 5.41) is 17.2. The van der Waals surface area contributed by atoms with Crippen molar-refractivity contribution < 1.29 is 5.11 Å². The largest absolute Gasteiger partial charge is 0.508 e. The molecule has 1 unspecified atom stereocenters. The fraction of sp³-hybridized carbons (Fsp3) is 0.308. The van der Waals surface area contributed by atoms with E-state index in [-0.39, 0.29) is 5.75 Å². The van der Waals surface area contributed by atoms with Crippen LogP contribution in [0, 0.1) is 0 Å². The van der Waals surface area contributed by atoms with Crippen LogP contribution in [0.1, 0.15) is 18.0 Å². The van der Waals surface area contributed by atoms with Gasteiger partial charge >= 0.3 is 0 Å². The molecule has 4 nitrogen and oxygen atoms in total. The van der Waals surface area contributed by atoms with Crippen LogP contribution in [0.15, 0.2) is 36.5 Å². The summed E-state index contributed by atoms with van der Waals surface area (Å²) in [7, 11) is 0. The van der Waals surface area contributed by atoms with Gasteiger partial charge in [0.15, 0.2) is 0 Å². The van der Waals surface area contributed by atoms with E-state index in [1.807, 2.05) is 23.0 Å². The van der Waals surface area contributed by atoms with E-state index in [0.29, 0.717) is 5.92 Å². The molecular weight excluding hydrogens is 214 g/mol. The molecule has 1 saturated heterocycles. The number of hydrogen-bond acceptors (Lipinski definition) is 3. The highest BCUT2D eigenvalue weighted by Crippen LogP contribution is 2.25. The molecule has 4 heteroatoms. The van der Waals surface area contributed by atoms with Gasteiger partial charge in [0.1, 0.15) is 5.75 Å². The Balaban J connectivity index is 2.00. The van der Waals surface area contributed by atoms with Crippen LogP contribution in [0.25, 0.3) is 5.69 Å². The molecule has 2 aromatic rings.